The molecule has 0 radical (unpaired) electrons. The van der Waals surface area contributed by atoms with Gasteiger partial charge >= 0.3 is 0 Å². The molecule has 21 heavy (non-hydrogen) atoms. The monoisotopic (exact) mass is 282 g/mol. The van der Waals surface area contributed by atoms with E-state index in [1.54, 1.807) is 12.1 Å². The van der Waals surface area contributed by atoms with Gasteiger partial charge in [-0.25, -0.2) is 0 Å². The number of nitrogens with one attached hydrogen (secondary N) is 2. The van der Waals surface area contributed by atoms with Crippen LogP contribution in [0.3, 0.4) is 0 Å². The fraction of sp³-hybridized carbons (Fsp3) is 0.235. The maximum Gasteiger partial charge on any atom is 0.241 e. The Kier molecular flexibility index (Phi) is 3.99. The summed E-state index contributed by atoms with van der Waals surface area (Å²) >= 11 is 0. The minimum Gasteiger partial charge on any atom is -0.392 e. The Hall–Kier alpha value is -2.17. The van der Waals surface area contributed by atoms with Gasteiger partial charge in [0.25, 0.3) is 0 Å². The Morgan fingerprint density at radius 2 is 1.86 bits per heavy atom. The van der Waals surface area contributed by atoms with E-state index in [4.69, 9.17) is 0 Å². The van der Waals surface area contributed by atoms with Gasteiger partial charge in [-0.3, -0.25) is 4.79 Å². The maximum atomic E-state index is 12.4. The molecule has 1 amide bonds. The summed E-state index contributed by atoms with van der Waals surface area (Å²) in [6.07, 6.45) is 0.684. The molecule has 4 nitrogen and oxygen atoms in total. The number of hydrogen-bond donors (Lipinski definition) is 3. The Morgan fingerprint density at radius 1 is 1.14 bits per heavy atom. The number of hydrogen-bond acceptors (Lipinski definition) is 3. The summed E-state index contributed by atoms with van der Waals surface area (Å²) in [7, 11) is 0. The summed E-state index contributed by atoms with van der Waals surface area (Å²) in [5.41, 5.74) is 3.86. The van der Waals surface area contributed by atoms with E-state index < -0.39 is 0 Å². The first-order valence-corrected chi connectivity index (χ1v) is 7.07. The molecule has 108 valence electrons. The standard InChI is InChI=1S/C17H18N2O2/c20-11-14-7-3-4-8-15(14)19-17(21)16-9-12-5-1-2-6-13(12)10-18-16/h1-8,16,18,20H,9-11H2,(H,19,21)/t16-/m1/s1. The predicted octanol–water partition coefficient (Wildman–Crippen LogP) is 1.83. The zero-order valence-corrected chi connectivity index (χ0v) is 11.7. The van der Waals surface area contributed by atoms with Crippen molar-refractivity contribution in [2.24, 2.45) is 0 Å². The number of carbonyl (C=O) groups excluding carboxylic acids is 1. The van der Waals surface area contributed by atoms with Crippen LogP contribution in [-0.2, 0) is 24.4 Å². The minimum absolute atomic E-state index is 0.0644. The molecular weight excluding hydrogens is 264 g/mol. The Balaban J connectivity index is 1.72. The van der Waals surface area contributed by atoms with Crippen molar-refractivity contribution in [3.8, 4) is 0 Å². The lowest BCUT2D eigenvalue weighted by Crippen LogP contribution is -2.44. The Labute approximate surface area is 123 Å². The van der Waals surface area contributed by atoms with Gasteiger partial charge in [0.15, 0.2) is 0 Å². The van der Waals surface area contributed by atoms with Crippen molar-refractivity contribution in [1.82, 2.24) is 5.32 Å². The van der Waals surface area contributed by atoms with Crippen molar-refractivity contribution in [3.05, 3.63) is 65.2 Å². The van der Waals surface area contributed by atoms with Gasteiger partial charge in [-0.15, -0.1) is 0 Å². The van der Waals surface area contributed by atoms with Gasteiger partial charge in [0.1, 0.15) is 0 Å². The lowest BCUT2D eigenvalue weighted by molar-refractivity contribution is -0.118. The van der Waals surface area contributed by atoms with E-state index >= 15 is 0 Å². The molecule has 0 spiro atoms. The van der Waals surface area contributed by atoms with Gasteiger partial charge < -0.3 is 15.7 Å². The first-order chi connectivity index (χ1) is 10.3. The number of rotatable bonds is 3. The summed E-state index contributed by atoms with van der Waals surface area (Å²) in [6.45, 7) is 0.618. The van der Waals surface area contributed by atoms with Crippen LogP contribution in [0.2, 0.25) is 0 Å². The highest BCUT2D eigenvalue weighted by Crippen LogP contribution is 2.19. The smallest absolute Gasteiger partial charge is 0.241 e. The number of aliphatic hydroxyl groups is 1. The van der Waals surface area contributed by atoms with Gasteiger partial charge in [-0.05, 0) is 23.6 Å². The highest BCUT2D eigenvalue weighted by atomic mass is 16.3. The number of benzene rings is 2. The molecule has 0 aliphatic carbocycles. The van der Waals surface area contributed by atoms with E-state index in [1.165, 1.54) is 11.1 Å². The molecule has 2 aromatic carbocycles. The largest absolute Gasteiger partial charge is 0.392 e. The third kappa shape index (κ3) is 2.96. The quantitative estimate of drug-likeness (QED) is 0.805. The molecule has 3 N–H and O–H groups in total. The molecule has 1 atom stereocenters. The summed E-state index contributed by atoms with van der Waals surface area (Å²) in [5.74, 6) is -0.0644. The van der Waals surface area contributed by atoms with Crippen LogP contribution >= 0.6 is 0 Å². The summed E-state index contributed by atoms with van der Waals surface area (Å²) < 4.78 is 0. The molecular formula is C17H18N2O2. The van der Waals surface area contributed by atoms with Crippen LogP contribution in [0, 0.1) is 0 Å². The molecule has 4 heteroatoms. The highest BCUT2D eigenvalue weighted by Gasteiger charge is 2.24. The van der Waals surface area contributed by atoms with E-state index in [1.807, 2.05) is 24.3 Å². The minimum atomic E-state index is -0.244. The zero-order valence-electron chi connectivity index (χ0n) is 11.7. The first kappa shape index (κ1) is 13.8. The summed E-state index contributed by atoms with van der Waals surface area (Å²) in [6, 6.07) is 15.2. The van der Waals surface area contributed by atoms with E-state index in [0.29, 0.717) is 18.7 Å². The van der Waals surface area contributed by atoms with Gasteiger partial charge in [0.2, 0.25) is 5.91 Å². The topological polar surface area (TPSA) is 61.4 Å². The van der Waals surface area contributed by atoms with Crippen LogP contribution in [0.25, 0.3) is 0 Å². The van der Waals surface area contributed by atoms with Gasteiger partial charge in [0, 0.05) is 17.8 Å². The molecule has 0 unspecified atom stereocenters. The van der Waals surface area contributed by atoms with Crippen LogP contribution < -0.4 is 10.6 Å². The number of amides is 1. The van der Waals surface area contributed by atoms with Gasteiger partial charge in [-0.1, -0.05) is 42.5 Å². The van der Waals surface area contributed by atoms with Gasteiger partial charge in [0.05, 0.1) is 12.6 Å². The number of anilines is 1. The molecule has 1 heterocycles. The third-order valence-corrected chi connectivity index (χ3v) is 3.84. The van der Waals surface area contributed by atoms with Gasteiger partial charge in [-0.2, -0.15) is 0 Å². The normalized spacial score (nSPS) is 17.1. The predicted molar refractivity (Wildman–Crippen MR) is 81.8 cm³/mol. The molecule has 0 aromatic heterocycles. The summed E-state index contributed by atoms with van der Waals surface area (Å²) in [5, 5.41) is 15.5. The van der Waals surface area contributed by atoms with Crippen LogP contribution in [0.1, 0.15) is 16.7 Å². The summed E-state index contributed by atoms with van der Waals surface area (Å²) in [4.78, 5) is 12.4. The van der Waals surface area contributed by atoms with E-state index in [0.717, 1.165) is 5.56 Å². The van der Waals surface area contributed by atoms with Crippen molar-refractivity contribution >= 4 is 11.6 Å². The SMILES string of the molecule is O=C(Nc1ccccc1CO)[C@H]1Cc2ccccc2CN1. The molecule has 0 fully saturated rings. The molecule has 1 aliphatic heterocycles. The lowest BCUT2D eigenvalue weighted by Gasteiger charge is -2.25. The average molecular weight is 282 g/mol. The van der Waals surface area contributed by atoms with Crippen LogP contribution in [-0.4, -0.2) is 17.1 Å². The highest BCUT2D eigenvalue weighted by molar-refractivity contribution is 5.95. The van der Waals surface area contributed by atoms with Crippen molar-refractivity contribution in [2.75, 3.05) is 5.32 Å². The third-order valence-electron chi connectivity index (χ3n) is 3.84. The molecule has 0 bridgehead atoms. The van der Waals surface area contributed by atoms with E-state index in [-0.39, 0.29) is 18.6 Å². The molecule has 2 aromatic rings. The fourth-order valence-corrected chi connectivity index (χ4v) is 2.64. The second kappa shape index (κ2) is 6.08. The molecule has 1 aliphatic rings. The van der Waals surface area contributed by atoms with Crippen molar-refractivity contribution in [2.45, 2.75) is 25.6 Å². The van der Waals surface area contributed by atoms with Crippen molar-refractivity contribution < 1.29 is 9.90 Å². The second-order valence-corrected chi connectivity index (χ2v) is 5.21. The average Bonchev–Trinajstić information content (AvgIpc) is 2.55. The number of fused-ring (bicyclic) bond motifs is 1. The first-order valence-electron chi connectivity index (χ1n) is 7.07. The maximum absolute atomic E-state index is 12.4. The molecule has 0 saturated carbocycles. The van der Waals surface area contributed by atoms with Crippen molar-refractivity contribution in [3.63, 3.8) is 0 Å². The molecule has 0 saturated heterocycles. The van der Waals surface area contributed by atoms with Crippen LogP contribution in [0.5, 0.6) is 0 Å². The number of aliphatic hydroxyl groups excluding tert-OH is 1. The van der Waals surface area contributed by atoms with Crippen molar-refractivity contribution in [1.29, 1.82) is 0 Å². The number of carbonyl (C=O) groups is 1. The van der Waals surface area contributed by atoms with E-state index in [9.17, 15) is 9.90 Å². The van der Waals surface area contributed by atoms with Crippen LogP contribution in [0.15, 0.2) is 48.5 Å². The van der Waals surface area contributed by atoms with E-state index in [2.05, 4.69) is 22.8 Å². The number of para-hydroxylation sites is 1. The van der Waals surface area contributed by atoms with Crippen LogP contribution in [0.4, 0.5) is 5.69 Å². The second-order valence-electron chi connectivity index (χ2n) is 5.21. The zero-order chi connectivity index (χ0) is 14.7. The Bertz CT molecular complexity index is 655. The Morgan fingerprint density at radius 3 is 2.67 bits per heavy atom. The molecule has 3 rings (SSSR count). The fourth-order valence-electron chi connectivity index (χ4n) is 2.64. The lowest BCUT2D eigenvalue weighted by atomic mass is 9.95.